The molecule has 2 heterocycles. The van der Waals surface area contributed by atoms with Gasteiger partial charge in [-0.05, 0) is 25.1 Å². The molecule has 0 radical (unpaired) electrons. The molecule has 100 valence electrons. The summed E-state index contributed by atoms with van der Waals surface area (Å²) in [5.41, 5.74) is 1.93. The number of aromatic nitrogens is 4. The SMILES string of the molecule is Cc1c(Nc2ncccn2)cnn1-c1ccccc1F. The van der Waals surface area contributed by atoms with Gasteiger partial charge in [-0.3, -0.25) is 0 Å². The molecule has 0 fully saturated rings. The lowest BCUT2D eigenvalue weighted by Gasteiger charge is -2.07. The highest BCUT2D eigenvalue weighted by atomic mass is 19.1. The highest BCUT2D eigenvalue weighted by Gasteiger charge is 2.11. The highest BCUT2D eigenvalue weighted by molar-refractivity contribution is 5.56. The molecule has 0 saturated heterocycles. The molecule has 1 aromatic carbocycles. The molecule has 0 bridgehead atoms. The predicted octanol–water partition coefficient (Wildman–Crippen LogP) is 2.85. The van der Waals surface area contributed by atoms with Crippen LogP contribution in [0.5, 0.6) is 0 Å². The fraction of sp³-hybridized carbons (Fsp3) is 0.0714. The van der Waals surface area contributed by atoms with Crippen LogP contribution >= 0.6 is 0 Å². The van der Waals surface area contributed by atoms with Gasteiger partial charge in [-0.15, -0.1) is 0 Å². The number of anilines is 2. The third-order valence-electron chi connectivity index (χ3n) is 2.90. The van der Waals surface area contributed by atoms with E-state index in [1.165, 1.54) is 6.07 Å². The molecular weight excluding hydrogens is 257 g/mol. The lowest BCUT2D eigenvalue weighted by atomic mass is 10.3. The third kappa shape index (κ3) is 2.23. The van der Waals surface area contributed by atoms with Crippen LogP contribution in [-0.2, 0) is 0 Å². The number of rotatable bonds is 3. The fourth-order valence-corrected chi connectivity index (χ4v) is 1.88. The quantitative estimate of drug-likeness (QED) is 0.794. The number of para-hydroxylation sites is 1. The smallest absolute Gasteiger partial charge is 0.227 e. The molecule has 5 nitrogen and oxygen atoms in total. The Morgan fingerprint density at radius 1 is 1.10 bits per heavy atom. The summed E-state index contributed by atoms with van der Waals surface area (Å²) < 4.78 is 15.3. The summed E-state index contributed by atoms with van der Waals surface area (Å²) in [7, 11) is 0. The average molecular weight is 269 g/mol. The van der Waals surface area contributed by atoms with E-state index in [-0.39, 0.29) is 5.82 Å². The Morgan fingerprint density at radius 3 is 2.60 bits per heavy atom. The Kier molecular flexibility index (Phi) is 3.12. The Bertz CT molecular complexity index is 723. The van der Waals surface area contributed by atoms with Crippen molar-refractivity contribution < 1.29 is 4.39 Å². The van der Waals surface area contributed by atoms with Crippen LogP contribution in [0.25, 0.3) is 5.69 Å². The molecular formula is C14H12FN5. The molecule has 2 aromatic heterocycles. The van der Waals surface area contributed by atoms with Crippen molar-refractivity contribution in [2.45, 2.75) is 6.92 Å². The molecule has 3 aromatic rings. The number of halogens is 1. The van der Waals surface area contributed by atoms with Gasteiger partial charge in [-0.25, -0.2) is 19.0 Å². The Labute approximate surface area is 115 Å². The van der Waals surface area contributed by atoms with Crippen LogP contribution in [0.1, 0.15) is 5.69 Å². The van der Waals surface area contributed by atoms with Gasteiger partial charge < -0.3 is 5.32 Å². The first-order chi connectivity index (χ1) is 9.75. The zero-order valence-corrected chi connectivity index (χ0v) is 10.8. The molecule has 0 atom stereocenters. The maximum absolute atomic E-state index is 13.8. The van der Waals surface area contributed by atoms with E-state index in [0.29, 0.717) is 11.6 Å². The molecule has 0 spiro atoms. The first kappa shape index (κ1) is 12.3. The molecule has 0 aliphatic rings. The second-order valence-electron chi connectivity index (χ2n) is 4.20. The van der Waals surface area contributed by atoms with Gasteiger partial charge in [0.1, 0.15) is 11.5 Å². The van der Waals surface area contributed by atoms with Gasteiger partial charge in [0.25, 0.3) is 0 Å². The summed E-state index contributed by atoms with van der Waals surface area (Å²) in [4.78, 5) is 8.16. The third-order valence-corrected chi connectivity index (χ3v) is 2.90. The summed E-state index contributed by atoms with van der Waals surface area (Å²) in [5.74, 6) is 0.157. The zero-order chi connectivity index (χ0) is 13.9. The van der Waals surface area contributed by atoms with E-state index in [4.69, 9.17) is 0 Å². The molecule has 6 heteroatoms. The van der Waals surface area contributed by atoms with Crippen LogP contribution in [-0.4, -0.2) is 19.7 Å². The van der Waals surface area contributed by atoms with Gasteiger partial charge in [0.2, 0.25) is 5.95 Å². The van der Waals surface area contributed by atoms with Crippen molar-refractivity contribution in [3.05, 3.63) is 60.4 Å². The van der Waals surface area contributed by atoms with Crippen molar-refractivity contribution in [2.75, 3.05) is 5.32 Å². The molecule has 0 aliphatic heterocycles. The minimum Gasteiger partial charge on any atom is -0.321 e. The summed E-state index contributed by atoms with van der Waals surface area (Å²) in [6.07, 6.45) is 4.91. The molecule has 0 aliphatic carbocycles. The molecule has 20 heavy (non-hydrogen) atoms. The van der Waals surface area contributed by atoms with Gasteiger partial charge in [0.15, 0.2) is 0 Å². The van der Waals surface area contributed by atoms with Gasteiger partial charge in [-0.1, -0.05) is 12.1 Å². The van der Waals surface area contributed by atoms with Crippen LogP contribution < -0.4 is 5.32 Å². The van der Waals surface area contributed by atoms with Gasteiger partial charge in [0, 0.05) is 12.4 Å². The van der Waals surface area contributed by atoms with Crippen molar-refractivity contribution in [2.24, 2.45) is 0 Å². The van der Waals surface area contributed by atoms with Crippen LogP contribution in [0.2, 0.25) is 0 Å². The van der Waals surface area contributed by atoms with E-state index in [2.05, 4.69) is 20.4 Å². The van der Waals surface area contributed by atoms with E-state index in [0.717, 1.165) is 11.4 Å². The number of nitrogens with one attached hydrogen (secondary N) is 1. The van der Waals surface area contributed by atoms with E-state index in [1.54, 1.807) is 47.5 Å². The van der Waals surface area contributed by atoms with Gasteiger partial charge >= 0.3 is 0 Å². The predicted molar refractivity (Wildman–Crippen MR) is 73.6 cm³/mol. The normalized spacial score (nSPS) is 10.5. The van der Waals surface area contributed by atoms with Crippen LogP contribution in [0.3, 0.4) is 0 Å². The van der Waals surface area contributed by atoms with E-state index in [9.17, 15) is 4.39 Å². The average Bonchev–Trinajstić information content (AvgIpc) is 2.82. The summed E-state index contributed by atoms with van der Waals surface area (Å²) in [5, 5.41) is 7.26. The van der Waals surface area contributed by atoms with Crippen LogP contribution in [0, 0.1) is 12.7 Å². The number of hydrogen-bond acceptors (Lipinski definition) is 4. The van der Waals surface area contributed by atoms with E-state index >= 15 is 0 Å². The van der Waals surface area contributed by atoms with E-state index in [1.807, 2.05) is 6.92 Å². The minimum absolute atomic E-state index is 0.318. The maximum Gasteiger partial charge on any atom is 0.227 e. The first-order valence-electron chi connectivity index (χ1n) is 6.09. The van der Waals surface area contributed by atoms with Crippen LogP contribution in [0.4, 0.5) is 16.0 Å². The molecule has 0 unspecified atom stereocenters. The number of hydrogen-bond donors (Lipinski definition) is 1. The number of benzene rings is 1. The zero-order valence-electron chi connectivity index (χ0n) is 10.8. The first-order valence-corrected chi connectivity index (χ1v) is 6.09. The lowest BCUT2D eigenvalue weighted by molar-refractivity contribution is 0.608. The van der Waals surface area contributed by atoms with E-state index < -0.39 is 0 Å². The van der Waals surface area contributed by atoms with Crippen molar-refractivity contribution in [3.63, 3.8) is 0 Å². The molecule has 0 amide bonds. The molecule has 1 N–H and O–H groups in total. The fourth-order valence-electron chi connectivity index (χ4n) is 1.88. The Balaban J connectivity index is 1.95. The largest absolute Gasteiger partial charge is 0.321 e. The van der Waals surface area contributed by atoms with Crippen molar-refractivity contribution in [3.8, 4) is 5.69 Å². The summed E-state index contributed by atoms with van der Waals surface area (Å²) in [6, 6.07) is 8.24. The van der Waals surface area contributed by atoms with Crippen LogP contribution in [0.15, 0.2) is 48.9 Å². The second kappa shape index (κ2) is 5.08. The highest BCUT2D eigenvalue weighted by Crippen LogP contribution is 2.21. The monoisotopic (exact) mass is 269 g/mol. The second-order valence-corrected chi connectivity index (χ2v) is 4.20. The van der Waals surface area contributed by atoms with Crippen molar-refractivity contribution in [1.29, 1.82) is 0 Å². The summed E-state index contributed by atoms with van der Waals surface area (Å²) in [6.45, 7) is 1.85. The number of nitrogens with zero attached hydrogens (tertiary/aromatic N) is 4. The van der Waals surface area contributed by atoms with Crippen molar-refractivity contribution in [1.82, 2.24) is 19.7 Å². The lowest BCUT2D eigenvalue weighted by Crippen LogP contribution is -2.02. The molecule has 3 rings (SSSR count). The maximum atomic E-state index is 13.8. The molecule has 0 saturated carbocycles. The minimum atomic E-state index is -0.318. The Morgan fingerprint density at radius 2 is 1.85 bits per heavy atom. The van der Waals surface area contributed by atoms with Gasteiger partial charge in [0.05, 0.1) is 17.6 Å². The summed E-state index contributed by atoms with van der Waals surface area (Å²) >= 11 is 0. The van der Waals surface area contributed by atoms with Crippen molar-refractivity contribution >= 4 is 11.6 Å². The topological polar surface area (TPSA) is 55.6 Å². The van der Waals surface area contributed by atoms with Gasteiger partial charge in [-0.2, -0.15) is 5.10 Å². The Hall–Kier alpha value is -2.76. The standard InChI is InChI=1S/C14H12FN5/c1-10-12(19-14-16-7-4-8-17-14)9-18-20(10)13-6-3-2-5-11(13)15/h2-9H,1H3,(H,16,17,19).